The van der Waals surface area contributed by atoms with Crippen molar-refractivity contribution in [1.82, 2.24) is 4.90 Å². The van der Waals surface area contributed by atoms with Crippen molar-refractivity contribution in [3.05, 3.63) is 144 Å². The summed E-state index contributed by atoms with van der Waals surface area (Å²) in [7, 11) is 2.52. The lowest BCUT2D eigenvalue weighted by atomic mass is 9.80. The largest absolute Gasteiger partial charge is 0.459 e. The van der Waals surface area contributed by atoms with Gasteiger partial charge in [0.05, 0.1) is 40.6 Å². The zero-order chi connectivity index (χ0) is 49.4. The first-order valence-corrected chi connectivity index (χ1v) is 25.5. The van der Waals surface area contributed by atoms with Gasteiger partial charge in [-0.2, -0.15) is 0 Å². The van der Waals surface area contributed by atoms with Crippen molar-refractivity contribution < 1.29 is 52.0 Å². The topological polar surface area (TPSA) is 128 Å². The molecule has 0 bridgehead atoms. The standard InChI is InChI=1S/C55H71NO11Si/c1-37(35-62-68(53(4,5)6,43-29-21-15-22-30-43)44-31-23-16-24-32-44)34-55(9,60-12)48(38(2)46-39(3)49(57)67-54(7,8)66-46)65-52-47(64-51(59)41-27-19-14-20-28-41)45(56(10)11)33-42(63-52)36-61-50(58)40-25-17-13-18-26-40/h13-32,37-38,42,45,47-48,52H,33-36H2,1-12H3/t37-,38+,42+,45+,47-,48-,52+,55-/m1/s1. The summed E-state index contributed by atoms with van der Waals surface area (Å²) in [5.41, 5.74) is -0.0557. The lowest BCUT2D eigenvalue weighted by Gasteiger charge is -2.49. The average Bonchev–Trinajstić information content (AvgIpc) is 3.32. The molecule has 4 aromatic carbocycles. The molecule has 0 amide bonds. The predicted molar refractivity (Wildman–Crippen MR) is 264 cm³/mol. The molecule has 0 saturated carbocycles. The van der Waals surface area contributed by atoms with E-state index in [1.165, 1.54) is 10.4 Å². The Bertz CT molecular complexity index is 2280. The number of rotatable bonds is 19. The predicted octanol–water partition coefficient (Wildman–Crippen LogP) is 8.73. The van der Waals surface area contributed by atoms with Gasteiger partial charge >= 0.3 is 17.9 Å². The summed E-state index contributed by atoms with van der Waals surface area (Å²) in [5.74, 6) is -3.22. The number of carbonyl (C=O) groups excluding carboxylic acids is 3. The number of likely N-dealkylation sites (N-methyl/N-ethyl adjacent to an activating group) is 1. The summed E-state index contributed by atoms with van der Waals surface area (Å²) in [6.45, 7) is 18.1. The number of benzene rings is 4. The molecule has 6 rings (SSSR count). The molecule has 2 aliphatic heterocycles. The first kappa shape index (κ1) is 52.2. The van der Waals surface area contributed by atoms with Crippen LogP contribution in [0.3, 0.4) is 0 Å². The summed E-state index contributed by atoms with van der Waals surface area (Å²) in [6.07, 6.45) is -3.02. The highest BCUT2D eigenvalue weighted by atomic mass is 28.4. The van der Waals surface area contributed by atoms with Crippen LogP contribution in [0.2, 0.25) is 5.04 Å². The molecular weight excluding hydrogens is 879 g/mol. The van der Waals surface area contributed by atoms with E-state index in [1.54, 1.807) is 76.4 Å². The number of methoxy groups -OCH3 is 1. The maximum absolute atomic E-state index is 14.0. The Hall–Kier alpha value is -5.15. The van der Waals surface area contributed by atoms with E-state index in [4.69, 9.17) is 37.6 Å². The first-order valence-electron chi connectivity index (χ1n) is 23.6. The van der Waals surface area contributed by atoms with Gasteiger partial charge in [-0.3, -0.25) is 0 Å². The average molecular weight is 950 g/mol. The molecule has 1 saturated heterocycles. The minimum atomic E-state index is -2.92. The quantitative estimate of drug-likeness (QED) is 0.0507. The smallest absolute Gasteiger partial charge is 0.340 e. The van der Waals surface area contributed by atoms with Crippen LogP contribution in [0.5, 0.6) is 0 Å². The second-order valence-corrected chi connectivity index (χ2v) is 24.4. The van der Waals surface area contributed by atoms with Crippen LogP contribution >= 0.6 is 0 Å². The molecule has 0 radical (unpaired) electrons. The fraction of sp³-hybridized carbons (Fsp3) is 0.473. The maximum atomic E-state index is 14.0. The van der Waals surface area contributed by atoms with E-state index in [9.17, 15) is 14.4 Å². The molecule has 2 aliphatic rings. The van der Waals surface area contributed by atoms with Crippen LogP contribution < -0.4 is 10.4 Å². The molecule has 8 atom stereocenters. The lowest BCUT2D eigenvalue weighted by molar-refractivity contribution is -0.302. The number of hydrogen-bond donors (Lipinski definition) is 0. The van der Waals surface area contributed by atoms with Gasteiger partial charge < -0.3 is 42.5 Å². The van der Waals surface area contributed by atoms with Crippen LogP contribution in [0.4, 0.5) is 0 Å². The third-order valence-corrected chi connectivity index (χ3v) is 18.2. The van der Waals surface area contributed by atoms with Gasteiger partial charge in [-0.05, 0) is 86.4 Å². The summed E-state index contributed by atoms with van der Waals surface area (Å²) in [5, 5.41) is 2.10. The SMILES string of the molecule is CO[C@](C)(C[C@@H](C)CO[Si](c1ccccc1)(c1ccccc1)C(C)(C)C)[C@H](O[C@@H]1O[C@H](COC(=O)c2ccccc2)C[C@H](N(C)C)[C@H]1OC(=O)c1ccccc1)[C@@H](C)C1=C(C)C(=O)OC(C)(C)O1. The minimum absolute atomic E-state index is 0.0942. The van der Waals surface area contributed by atoms with Crippen LogP contribution in [0, 0.1) is 11.8 Å². The van der Waals surface area contributed by atoms with Crippen molar-refractivity contribution in [3.63, 3.8) is 0 Å². The molecule has 2 heterocycles. The van der Waals surface area contributed by atoms with E-state index < -0.39 is 74.2 Å². The van der Waals surface area contributed by atoms with Gasteiger partial charge in [0.15, 0.2) is 12.4 Å². The zero-order valence-electron chi connectivity index (χ0n) is 41.9. The summed E-state index contributed by atoms with van der Waals surface area (Å²) in [6, 6.07) is 38.1. The molecule has 4 aromatic rings. The molecule has 68 heavy (non-hydrogen) atoms. The van der Waals surface area contributed by atoms with Crippen LogP contribution in [0.1, 0.15) is 95.9 Å². The highest BCUT2D eigenvalue weighted by molar-refractivity contribution is 6.99. The normalized spacial score (nSPS) is 22.0. The Morgan fingerprint density at radius 1 is 0.794 bits per heavy atom. The van der Waals surface area contributed by atoms with E-state index in [-0.39, 0.29) is 17.6 Å². The molecule has 12 nitrogen and oxygen atoms in total. The Balaban J connectivity index is 1.40. The number of ether oxygens (including phenoxy) is 7. The number of nitrogens with zero attached hydrogens (tertiary/aromatic N) is 1. The second-order valence-electron chi connectivity index (χ2n) is 20.1. The number of carbonyl (C=O) groups is 3. The molecule has 13 heteroatoms. The summed E-state index contributed by atoms with van der Waals surface area (Å²) in [4.78, 5) is 42.6. The van der Waals surface area contributed by atoms with Gasteiger partial charge in [0.2, 0.25) is 5.79 Å². The number of hydrogen-bond acceptors (Lipinski definition) is 12. The van der Waals surface area contributed by atoms with Gasteiger partial charge in [-0.15, -0.1) is 0 Å². The van der Waals surface area contributed by atoms with Gasteiger partial charge in [0.1, 0.15) is 12.4 Å². The van der Waals surface area contributed by atoms with Crippen LogP contribution in [0.15, 0.2) is 133 Å². The van der Waals surface area contributed by atoms with Crippen molar-refractivity contribution in [2.24, 2.45) is 11.8 Å². The van der Waals surface area contributed by atoms with Crippen LogP contribution in [-0.4, -0.2) is 108 Å². The zero-order valence-corrected chi connectivity index (χ0v) is 42.9. The molecule has 0 spiro atoms. The third kappa shape index (κ3) is 12.0. The molecule has 0 unspecified atom stereocenters. The third-order valence-electron chi connectivity index (χ3n) is 13.1. The Morgan fingerprint density at radius 3 is 1.81 bits per heavy atom. The minimum Gasteiger partial charge on any atom is -0.459 e. The Labute approximate surface area is 404 Å². The van der Waals surface area contributed by atoms with E-state index in [0.717, 1.165) is 0 Å². The molecular formula is C55H71NO11Si. The van der Waals surface area contributed by atoms with Crippen LogP contribution in [0.25, 0.3) is 0 Å². The maximum Gasteiger partial charge on any atom is 0.340 e. The molecule has 0 aromatic heterocycles. The fourth-order valence-electron chi connectivity index (χ4n) is 9.72. The van der Waals surface area contributed by atoms with E-state index in [0.29, 0.717) is 41.9 Å². The van der Waals surface area contributed by atoms with E-state index in [1.807, 2.05) is 57.1 Å². The van der Waals surface area contributed by atoms with Crippen molar-refractivity contribution in [2.45, 2.75) is 122 Å². The van der Waals surface area contributed by atoms with Gasteiger partial charge in [0, 0.05) is 33.5 Å². The van der Waals surface area contributed by atoms with Crippen molar-refractivity contribution in [2.75, 3.05) is 34.4 Å². The van der Waals surface area contributed by atoms with Gasteiger partial charge in [-0.1, -0.05) is 132 Å². The Morgan fingerprint density at radius 2 is 1.31 bits per heavy atom. The van der Waals surface area contributed by atoms with Gasteiger partial charge in [-0.25, -0.2) is 14.4 Å². The highest BCUT2D eigenvalue weighted by Crippen LogP contribution is 2.42. The van der Waals surface area contributed by atoms with Crippen molar-refractivity contribution in [3.8, 4) is 0 Å². The summed E-state index contributed by atoms with van der Waals surface area (Å²) < 4.78 is 52.6. The van der Waals surface area contributed by atoms with Crippen molar-refractivity contribution in [1.29, 1.82) is 0 Å². The van der Waals surface area contributed by atoms with Crippen molar-refractivity contribution >= 4 is 36.6 Å². The van der Waals surface area contributed by atoms with E-state index >= 15 is 0 Å². The highest BCUT2D eigenvalue weighted by Gasteiger charge is 2.53. The number of esters is 3. The lowest BCUT2D eigenvalue weighted by Crippen LogP contribution is -2.67. The molecule has 0 aliphatic carbocycles. The Kier molecular flexibility index (Phi) is 17.0. The molecule has 1 fully saturated rings. The van der Waals surface area contributed by atoms with Gasteiger partial charge in [0.25, 0.3) is 8.32 Å². The van der Waals surface area contributed by atoms with Crippen LogP contribution in [-0.2, 0) is 42.4 Å². The second kappa shape index (κ2) is 22.1. The molecule has 0 N–H and O–H groups in total. The number of cyclic esters (lactones) is 1. The first-order chi connectivity index (χ1) is 32.2. The molecule has 366 valence electrons. The summed E-state index contributed by atoms with van der Waals surface area (Å²) >= 11 is 0. The van der Waals surface area contributed by atoms with E-state index in [2.05, 4.69) is 76.2 Å². The fourth-order valence-corrected chi connectivity index (χ4v) is 14.4. The monoisotopic (exact) mass is 949 g/mol.